The van der Waals surface area contributed by atoms with Crippen LogP contribution >= 0.6 is 0 Å². The first kappa shape index (κ1) is 9.70. The molecule has 0 saturated carbocycles. The Bertz CT molecular complexity index is 261. The lowest BCUT2D eigenvalue weighted by atomic mass is 10.2. The molecule has 1 unspecified atom stereocenters. The van der Waals surface area contributed by atoms with Gasteiger partial charge >= 0.3 is 17.7 Å². The number of hydrogen-bond donors (Lipinski definition) is 1. The van der Waals surface area contributed by atoms with Crippen LogP contribution < -0.4 is 0 Å². The summed E-state index contributed by atoms with van der Waals surface area (Å²) >= 11 is 0. The summed E-state index contributed by atoms with van der Waals surface area (Å²) in [6.07, 6.45) is 1.67. The lowest BCUT2D eigenvalue weighted by Crippen LogP contribution is -2.41. The van der Waals surface area contributed by atoms with Gasteiger partial charge in [0.2, 0.25) is 0 Å². The van der Waals surface area contributed by atoms with Crippen LogP contribution in [0.5, 0.6) is 0 Å². The summed E-state index contributed by atoms with van der Waals surface area (Å²) < 4.78 is 0. The maximum atomic E-state index is 11.2. The molecule has 1 heterocycles. The molecule has 5 heteroatoms. The van der Waals surface area contributed by atoms with Crippen molar-refractivity contribution in [2.75, 3.05) is 6.54 Å². The fraction of sp³-hybridized carbons (Fsp3) is 0.625. The van der Waals surface area contributed by atoms with Crippen LogP contribution in [0.25, 0.3) is 0 Å². The van der Waals surface area contributed by atoms with Crippen LogP contribution in [-0.4, -0.2) is 40.3 Å². The molecule has 13 heavy (non-hydrogen) atoms. The number of Topliss-reactive ketones (excluding diaryl/α,β-unsaturated/α-hetero) is 1. The SMILES string of the molecule is CC1CCCN1C(=O)C(=O)C(=O)O. The number of likely N-dealkylation sites (tertiary alicyclic amines) is 1. The predicted octanol–water partition coefficient (Wildman–Crippen LogP) is -0.349. The third-order valence-electron chi connectivity index (χ3n) is 2.20. The summed E-state index contributed by atoms with van der Waals surface area (Å²) in [5.74, 6) is -3.91. The first-order chi connectivity index (χ1) is 6.04. The van der Waals surface area contributed by atoms with E-state index in [1.165, 1.54) is 4.90 Å². The van der Waals surface area contributed by atoms with Crippen LogP contribution in [0, 0.1) is 0 Å². The molecule has 1 N–H and O–H groups in total. The molecule has 0 spiro atoms. The van der Waals surface area contributed by atoms with Crippen molar-refractivity contribution in [2.24, 2.45) is 0 Å². The fourth-order valence-electron chi connectivity index (χ4n) is 1.46. The zero-order chi connectivity index (χ0) is 10.0. The van der Waals surface area contributed by atoms with E-state index in [9.17, 15) is 14.4 Å². The Balaban J connectivity index is 2.67. The van der Waals surface area contributed by atoms with Crippen LogP contribution in [0.3, 0.4) is 0 Å². The third-order valence-corrected chi connectivity index (χ3v) is 2.20. The van der Waals surface area contributed by atoms with E-state index in [0.717, 1.165) is 12.8 Å². The van der Waals surface area contributed by atoms with Gasteiger partial charge in [0.15, 0.2) is 0 Å². The van der Waals surface area contributed by atoms with Gasteiger partial charge in [-0.25, -0.2) is 4.79 Å². The first-order valence-electron chi connectivity index (χ1n) is 4.12. The molecule has 0 aliphatic carbocycles. The van der Waals surface area contributed by atoms with E-state index in [2.05, 4.69) is 0 Å². The maximum Gasteiger partial charge on any atom is 0.382 e. The van der Waals surface area contributed by atoms with Crippen LogP contribution in [0.4, 0.5) is 0 Å². The molecule has 1 fully saturated rings. The number of amides is 1. The average Bonchev–Trinajstić information content (AvgIpc) is 2.48. The highest BCUT2D eigenvalue weighted by Crippen LogP contribution is 2.16. The summed E-state index contributed by atoms with van der Waals surface area (Å²) in [6, 6.07) is -0.0178. The van der Waals surface area contributed by atoms with Crippen molar-refractivity contribution in [2.45, 2.75) is 25.8 Å². The molecule has 1 aliphatic rings. The van der Waals surface area contributed by atoms with Crippen molar-refractivity contribution < 1.29 is 19.5 Å². The summed E-state index contributed by atoms with van der Waals surface area (Å²) in [4.78, 5) is 33.5. The Hall–Kier alpha value is -1.39. The number of carbonyl (C=O) groups excluding carboxylic acids is 2. The number of carboxylic acid groups (broad SMARTS) is 1. The predicted molar refractivity (Wildman–Crippen MR) is 43.1 cm³/mol. The summed E-state index contributed by atoms with van der Waals surface area (Å²) in [7, 11) is 0. The van der Waals surface area contributed by atoms with E-state index in [-0.39, 0.29) is 6.04 Å². The Morgan fingerprint density at radius 3 is 2.38 bits per heavy atom. The number of hydrogen-bond acceptors (Lipinski definition) is 3. The zero-order valence-electron chi connectivity index (χ0n) is 7.32. The molecule has 1 atom stereocenters. The van der Waals surface area contributed by atoms with Crippen molar-refractivity contribution in [1.82, 2.24) is 4.90 Å². The van der Waals surface area contributed by atoms with Gasteiger partial charge in [0.05, 0.1) is 0 Å². The Morgan fingerprint density at radius 2 is 2.00 bits per heavy atom. The number of carbonyl (C=O) groups is 3. The number of nitrogens with zero attached hydrogens (tertiary/aromatic N) is 1. The normalized spacial score (nSPS) is 21.6. The maximum absolute atomic E-state index is 11.2. The van der Waals surface area contributed by atoms with Crippen molar-refractivity contribution in [1.29, 1.82) is 0 Å². The second-order valence-corrected chi connectivity index (χ2v) is 3.12. The molecular formula is C8H11NO4. The van der Waals surface area contributed by atoms with E-state index in [1.54, 1.807) is 6.92 Å². The highest BCUT2D eigenvalue weighted by Gasteiger charge is 2.32. The van der Waals surface area contributed by atoms with Crippen molar-refractivity contribution in [3.05, 3.63) is 0 Å². The van der Waals surface area contributed by atoms with Gasteiger partial charge in [-0.3, -0.25) is 9.59 Å². The highest BCUT2D eigenvalue weighted by molar-refractivity contribution is 6.61. The van der Waals surface area contributed by atoms with Gasteiger partial charge in [0, 0.05) is 12.6 Å². The lowest BCUT2D eigenvalue weighted by molar-refractivity contribution is -0.156. The van der Waals surface area contributed by atoms with Gasteiger partial charge in [-0.15, -0.1) is 0 Å². The van der Waals surface area contributed by atoms with Gasteiger partial charge in [0.1, 0.15) is 0 Å². The van der Waals surface area contributed by atoms with Gasteiger partial charge < -0.3 is 10.0 Å². The Morgan fingerprint density at radius 1 is 1.38 bits per heavy atom. The number of rotatable bonds is 2. The van der Waals surface area contributed by atoms with E-state index in [0.29, 0.717) is 6.54 Å². The molecule has 0 aromatic carbocycles. The van der Waals surface area contributed by atoms with Gasteiger partial charge in [-0.05, 0) is 19.8 Å². The van der Waals surface area contributed by atoms with Crippen LogP contribution in [0.2, 0.25) is 0 Å². The monoisotopic (exact) mass is 185 g/mol. The van der Waals surface area contributed by atoms with E-state index < -0.39 is 17.7 Å². The largest absolute Gasteiger partial charge is 0.475 e. The Labute approximate surface area is 75.3 Å². The molecule has 0 radical (unpaired) electrons. The van der Waals surface area contributed by atoms with Crippen molar-refractivity contribution >= 4 is 17.7 Å². The minimum Gasteiger partial charge on any atom is -0.475 e. The summed E-state index contributed by atoms with van der Waals surface area (Å²) in [5.41, 5.74) is 0. The average molecular weight is 185 g/mol. The molecule has 1 amide bonds. The molecule has 0 aromatic rings. The number of ketones is 1. The lowest BCUT2D eigenvalue weighted by Gasteiger charge is -2.18. The fourth-order valence-corrected chi connectivity index (χ4v) is 1.46. The summed E-state index contributed by atoms with van der Waals surface area (Å²) in [5, 5.41) is 8.30. The summed E-state index contributed by atoms with van der Waals surface area (Å²) in [6.45, 7) is 2.29. The second-order valence-electron chi connectivity index (χ2n) is 3.12. The van der Waals surface area contributed by atoms with Crippen LogP contribution in [0.1, 0.15) is 19.8 Å². The van der Waals surface area contributed by atoms with Gasteiger partial charge in [-0.2, -0.15) is 0 Å². The van der Waals surface area contributed by atoms with Crippen LogP contribution in [0.15, 0.2) is 0 Å². The van der Waals surface area contributed by atoms with Gasteiger partial charge in [-0.1, -0.05) is 0 Å². The van der Waals surface area contributed by atoms with E-state index in [4.69, 9.17) is 5.11 Å². The minimum atomic E-state index is -1.68. The Kier molecular flexibility index (Phi) is 2.65. The van der Waals surface area contributed by atoms with Crippen molar-refractivity contribution in [3.8, 4) is 0 Å². The van der Waals surface area contributed by atoms with Crippen LogP contribution in [-0.2, 0) is 14.4 Å². The standard InChI is InChI=1S/C8H11NO4/c1-5-3-2-4-9(5)7(11)6(10)8(12)13/h5H,2-4H2,1H3,(H,12,13). The van der Waals surface area contributed by atoms with Crippen molar-refractivity contribution in [3.63, 3.8) is 0 Å². The topological polar surface area (TPSA) is 74.7 Å². The minimum absolute atomic E-state index is 0.0178. The molecule has 0 aromatic heterocycles. The molecule has 72 valence electrons. The molecule has 1 aliphatic heterocycles. The first-order valence-corrected chi connectivity index (χ1v) is 4.12. The number of aliphatic carboxylic acids is 1. The second kappa shape index (κ2) is 3.55. The third kappa shape index (κ3) is 1.85. The molecule has 1 rings (SSSR count). The highest BCUT2D eigenvalue weighted by atomic mass is 16.4. The van der Waals surface area contributed by atoms with Gasteiger partial charge in [0.25, 0.3) is 0 Å². The van der Waals surface area contributed by atoms with E-state index in [1.807, 2.05) is 0 Å². The molecule has 1 saturated heterocycles. The van der Waals surface area contributed by atoms with E-state index >= 15 is 0 Å². The quantitative estimate of drug-likeness (QED) is 0.471. The smallest absolute Gasteiger partial charge is 0.382 e. The molecular weight excluding hydrogens is 174 g/mol. The molecule has 5 nitrogen and oxygen atoms in total. The zero-order valence-corrected chi connectivity index (χ0v) is 7.32. The number of carboxylic acids is 1. The molecule has 0 bridgehead atoms.